The first kappa shape index (κ1) is 58.8. The zero-order valence-corrected chi connectivity index (χ0v) is 45.4. The molecule has 0 bridgehead atoms. The van der Waals surface area contributed by atoms with E-state index in [1.807, 2.05) is 99.6 Å². The summed E-state index contributed by atoms with van der Waals surface area (Å²) in [5, 5.41) is 6.51. The predicted molar refractivity (Wildman–Crippen MR) is 296 cm³/mol. The molecule has 4 aromatic carbocycles. The maximum Gasteiger partial charge on any atom is 0.497 e. The van der Waals surface area contributed by atoms with Gasteiger partial charge >= 0.3 is 5.51 Å². The number of morpholine rings is 1. The van der Waals surface area contributed by atoms with Gasteiger partial charge in [-0.3, -0.25) is 9.69 Å². The Hall–Kier alpha value is -6.04. The minimum Gasteiger partial charge on any atom is -0.385 e. The van der Waals surface area contributed by atoms with Gasteiger partial charge in [-0.25, -0.2) is 17.0 Å². The average Bonchev–Trinajstić information content (AvgIpc) is 3.67. The van der Waals surface area contributed by atoms with Crippen LogP contribution in [-0.2, 0) is 32.6 Å². The van der Waals surface area contributed by atoms with Gasteiger partial charge in [0.15, 0.2) is 11.0 Å². The predicted octanol–water partition coefficient (Wildman–Crippen LogP) is 10.0. The highest BCUT2D eigenvalue weighted by molar-refractivity contribution is 7.99. The van der Waals surface area contributed by atoms with Crippen molar-refractivity contribution in [2.75, 3.05) is 92.6 Å². The highest BCUT2D eigenvalue weighted by atomic mass is 32.2. The first-order valence-corrected chi connectivity index (χ1v) is 28.3. The first-order valence-electron chi connectivity index (χ1n) is 24.3. The first-order chi connectivity index (χ1) is 35.4. The van der Waals surface area contributed by atoms with E-state index in [-0.39, 0.29) is 24.0 Å². The number of hydrogen-bond acceptors (Lipinski definition) is 10. The number of piperazine rings is 1. The van der Waals surface area contributed by atoms with Gasteiger partial charge in [-0.15, -0.1) is 18.2 Å². The largest absolute Gasteiger partial charge is 0.497 e. The number of anilines is 3. The van der Waals surface area contributed by atoms with Gasteiger partial charge in [-0.05, 0) is 116 Å². The van der Waals surface area contributed by atoms with E-state index < -0.39 is 26.3 Å². The van der Waals surface area contributed by atoms with Crippen LogP contribution in [0, 0.1) is 25.1 Å². The van der Waals surface area contributed by atoms with Gasteiger partial charge in [0, 0.05) is 117 Å². The summed E-state index contributed by atoms with van der Waals surface area (Å²) in [4.78, 5) is 22.1. The van der Waals surface area contributed by atoms with E-state index >= 15 is 0 Å². The molecule has 5 aromatic rings. The molecular formula is C55H67F4N7O5S3. The molecule has 2 aliphatic rings. The van der Waals surface area contributed by atoms with Crippen LogP contribution in [0.4, 0.5) is 34.6 Å². The number of carbonyl (C=O) groups excluding carboxylic acids is 1. The number of thioether (sulfide) groups is 1. The summed E-state index contributed by atoms with van der Waals surface area (Å²) < 4.78 is 90.0. The van der Waals surface area contributed by atoms with Gasteiger partial charge in [0.05, 0.1) is 24.5 Å². The molecule has 3 N–H and O–H groups in total. The van der Waals surface area contributed by atoms with E-state index in [4.69, 9.17) is 11.2 Å². The van der Waals surface area contributed by atoms with Crippen LogP contribution in [0.3, 0.4) is 0 Å². The number of amides is 1. The minimum atomic E-state index is -5.09. The number of terminal acetylenes is 1. The Bertz CT molecular complexity index is 2860. The highest BCUT2D eigenvalue weighted by Crippen LogP contribution is 2.40. The average molecular weight is 1080 g/mol. The standard InChI is InChI=1S/C51H58FN7O3S2.C2H3F3O2S.C2H6/c1-6-47(24-15-37(2)54-43(25-26-57-31-33-62-34-32-57)36-63-46-13-8-7-9-14-46)64(61)55-42-20-22-44(23-21-42)58-27-29-59(30-28-58)45-12-10-11-40(35-45)49-48(51(60)53-4)38(3)56(5)50(49)39-16-18-41(52)19-17-39;1-8(6,7)2(3,4)5;1-2/h1,7-24,35,43,54-55H,25-34,36H2,2-5H3,(H,53,60);1H3;1-2H3/b37-15+,47-24+;;/t43-,64?;;/m1../s1. The molecule has 0 saturated carbocycles. The SMILES string of the molecule is C#C/C(=C\C=C(/C)N[C@H](CCN1CCOCC1)CSc1ccccc1)S(=O)Nc1ccc(N2CCN(c3cccc(-c4c(C(=O)NC)c(C)n(C)c4-c4ccc(F)cc4)c3)CC2)cc1.CC.CS(=O)(=O)C(F)(F)F. The summed E-state index contributed by atoms with van der Waals surface area (Å²) >= 11 is 1.84. The van der Waals surface area contributed by atoms with Crippen molar-refractivity contribution in [2.24, 2.45) is 7.05 Å². The van der Waals surface area contributed by atoms with Crippen molar-refractivity contribution < 1.29 is 39.7 Å². The number of aromatic nitrogens is 1. The molecule has 0 aliphatic carbocycles. The fraction of sp³-hybridized carbons (Fsp3) is 0.364. The lowest BCUT2D eigenvalue weighted by atomic mass is 9.96. The van der Waals surface area contributed by atoms with Crippen LogP contribution in [0.25, 0.3) is 22.4 Å². The second-order valence-corrected chi connectivity index (χ2v) is 21.5. The number of halogens is 4. The van der Waals surface area contributed by atoms with Gasteiger partial charge in [-0.2, -0.15) is 13.2 Å². The lowest BCUT2D eigenvalue weighted by molar-refractivity contribution is -0.0429. The number of allylic oxidation sites excluding steroid dienone is 4. The van der Waals surface area contributed by atoms with Crippen molar-refractivity contribution in [3.63, 3.8) is 0 Å². The van der Waals surface area contributed by atoms with E-state index in [1.54, 1.807) is 25.3 Å². The Morgan fingerprint density at radius 3 is 2.07 bits per heavy atom. The van der Waals surface area contributed by atoms with Crippen LogP contribution in [0.15, 0.2) is 131 Å². The zero-order chi connectivity index (χ0) is 54.0. The molecule has 1 amide bonds. The van der Waals surface area contributed by atoms with Crippen LogP contribution < -0.4 is 25.2 Å². The number of alkyl halides is 3. The van der Waals surface area contributed by atoms with Crippen molar-refractivity contribution >= 4 is 55.6 Å². The Kier molecular flexibility index (Phi) is 22.3. The molecule has 0 radical (unpaired) electrons. The molecule has 74 heavy (non-hydrogen) atoms. The second-order valence-electron chi connectivity index (χ2n) is 17.2. The van der Waals surface area contributed by atoms with E-state index in [0.29, 0.717) is 16.2 Å². The Morgan fingerprint density at radius 1 is 0.878 bits per heavy atom. The van der Waals surface area contributed by atoms with Crippen molar-refractivity contribution in [1.29, 1.82) is 0 Å². The van der Waals surface area contributed by atoms with E-state index in [9.17, 15) is 35.0 Å². The number of hydrogen-bond donors (Lipinski definition) is 3. The summed E-state index contributed by atoms with van der Waals surface area (Å²) in [7, 11) is -2.88. The number of nitrogens with zero attached hydrogens (tertiary/aromatic N) is 4. The van der Waals surface area contributed by atoms with Crippen molar-refractivity contribution in [3.05, 3.63) is 143 Å². The summed E-state index contributed by atoms with van der Waals surface area (Å²) in [6, 6.07) is 33.4. The molecular weight excluding hydrogens is 1010 g/mol. The smallest absolute Gasteiger partial charge is 0.385 e. The molecule has 2 saturated heterocycles. The van der Waals surface area contributed by atoms with Crippen molar-refractivity contribution in [2.45, 2.75) is 50.6 Å². The van der Waals surface area contributed by atoms with Crippen LogP contribution in [0.2, 0.25) is 0 Å². The Balaban J connectivity index is 0.000000926. The maximum atomic E-state index is 14.0. The molecule has 0 spiro atoms. The Labute approximate surface area is 441 Å². The molecule has 19 heteroatoms. The zero-order valence-electron chi connectivity index (χ0n) is 43.0. The van der Waals surface area contributed by atoms with E-state index in [2.05, 4.69) is 72.4 Å². The normalized spacial score (nSPS) is 15.4. The van der Waals surface area contributed by atoms with Gasteiger partial charge < -0.3 is 34.5 Å². The number of rotatable bonds is 17. The van der Waals surface area contributed by atoms with E-state index in [0.717, 1.165) is 116 Å². The lowest BCUT2D eigenvalue weighted by Gasteiger charge is -2.37. The van der Waals surface area contributed by atoms with Crippen molar-refractivity contribution in [1.82, 2.24) is 20.1 Å². The molecule has 1 aromatic heterocycles. The van der Waals surface area contributed by atoms with Gasteiger partial charge in [-0.1, -0.05) is 50.1 Å². The number of nitrogens with one attached hydrogen (secondary N) is 3. The summed E-state index contributed by atoms with van der Waals surface area (Å²) in [6.07, 6.45) is 10.7. The minimum absolute atomic E-state index is 0.118. The fourth-order valence-corrected chi connectivity index (χ4v) is 9.98. The van der Waals surface area contributed by atoms with Gasteiger partial charge in [0.2, 0.25) is 9.84 Å². The third-order valence-corrected chi connectivity index (χ3v) is 15.3. The molecule has 398 valence electrons. The molecule has 2 aliphatic heterocycles. The third-order valence-electron chi connectivity index (χ3n) is 12.3. The summed E-state index contributed by atoms with van der Waals surface area (Å²) in [5.74, 6) is 3.06. The van der Waals surface area contributed by atoms with Crippen LogP contribution >= 0.6 is 11.8 Å². The summed E-state index contributed by atoms with van der Waals surface area (Å²) in [5.41, 5.74) is 3.60. The van der Waals surface area contributed by atoms with Crippen LogP contribution in [-0.4, -0.2) is 118 Å². The molecule has 3 heterocycles. The second kappa shape index (κ2) is 28.0. The molecule has 2 fully saturated rings. The topological polar surface area (TPSA) is 128 Å². The molecule has 12 nitrogen and oxygen atoms in total. The molecule has 2 atom stereocenters. The summed E-state index contributed by atoms with van der Waals surface area (Å²) in [6.45, 7) is 15.6. The number of benzene rings is 4. The quantitative estimate of drug-likeness (QED) is 0.0359. The number of carbonyl (C=O) groups is 1. The number of sulfone groups is 1. The Morgan fingerprint density at radius 2 is 1.49 bits per heavy atom. The molecule has 7 rings (SSSR count). The lowest BCUT2D eigenvalue weighted by Crippen LogP contribution is -2.46. The third kappa shape index (κ3) is 16.5. The van der Waals surface area contributed by atoms with Gasteiger partial charge in [0.1, 0.15) is 10.7 Å². The van der Waals surface area contributed by atoms with Crippen LogP contribution in [0.1, 0.15) is 43.2 Å². The van der Waals surface area contributed by atoms with Gasteiger partial charge in [0.25, 0.3) is 5.91 Å². The maximum absolute atomic E-state index is 14.0. The van der Waals surface area contributed by atoms with Crippen molar-refractivity contribution in [3.8, 4) is 34.7 Å². The highest BCUT2D eigenvalue weighted by Gasteiger charge is 2.41. The fourth-order valence-electron chi connectivity index (χ4n) is 8.22. The number of ether oxygens (including phenoxy) is 1. The molecule has 1 unspecified atom stereocenters. The monoisotopic (exact) mass is 1080 g/mol. The van der Waals surface area contributed by atoms with E-state index in [1.165, 1.54) is 17.0 Å². The van der Waals surface area contributed by atoms with Crippen LogP contribution in [0.5, 0.6) is 0 Å².